The van der Waals surface area contributed by atoms with E-state index in [2.05, 4.69) is 38.5 Å². The first-order valence-corrected chi connectivity index (χ1v) is 8.24. The molecule has 18 heavy (non-hydrogen) atoms. The summed E-state index contributed by atoms with van der Waals surface area (Å²) in [5.41, 5.74) is 7.83. The second-order valence-electron chi connectivity index (χ2n) is 4.03. The third-order valence-electron chi connectivity index (χ3n) is 2.84. The van der Waals surface area contributed by atoms with Gasteiger partial charge in [-0.3, -0.25) is 0 Å². The molecule has 5 heteroatoms. The van der Waals surface area contributed by atoms with Gasteiger partial charge < -0.3 is 10.8 Å². The van der Waals surface area contributed by atoms with E-state index >= 15 is 0 Å². The summed E-state index contributed by atoms with van der Waals surface area (Å²) in [7, 11) is 0. The van der Waals surface area contributed by atoms with Crippen molar-refractivity contribution >= 4 is 49.9 Å². The first-order chi connectivity index (χ1) is 8.61. The van der Waals surface area contributed by atoms with Crippen LogP contribution in [0.5, 0.6) is 0 Å². The van der Waals surface area contributed by atoms with Crippen LogP contribution in [0.2, 0.25) is 0 Å². The number of aliphatic hydroxyl groups is 1. The summed E-state index contributed by atoms with van der Waals surface area (Å²) in [6.45, 7) is 0.421. The average molecular weight is 438 g/mol. The van der Waals surface area contributed by atoms with E-state index in [-0.39, 0.29) is 5.92 Å². The first kappa shape index (κ1) is 14.5. The van der Waals surface area contributed by atoms with E-state index in [1.807, 2.05) is 35.7 Å². The molecule has 1 aromatic carbocycles. The minimum absolute atomic E-state index is 0.0760. The molecule has 2 nitrogen and oxygen atoms in total. The lowest BCUT2D eigenvalue weighted by Crippen LogP contribution is -2.19. The molecule has 2 aromatic rings. The minimum atomic E-state index is -0.552. The zero-order chi connectivity index (χ0) is 13.1. The summed E-state index contributed by atoms with van der Waals surface area (Å²) in [5.74, 6) is -0.0760. The predicted octanol–water partition coefficient (Wildman–Crippen LogP) is 3.89. The van der Waals surface area contributed by atoms with Gasteiger partial charge >= 0.3 is 0 Å². The van der Waals surface area contributed by atoms with Crippen molar-refractivity contribution in [3.63, 3.8) is 0 Å². The van der Waals surface area contributed by atoms with Crippen LogP contribution in [0.25, 0.3) is 0 Å². The monoisotopic (exact) mass is 437 g/mol. The number of benzene rings is 1. The summed E-state index contributed by atoms with van der Waals surface area (Å²) in [6.07, 6.45) is -0.552. The summed E-state index contributed by atoms with van der Waals surface area (Å²) in [4.78, 5) is 0. The van der Waals surface area contributed by atoms with Crippen molar-refractivity contribution in [2.45, 2.75) is 12.0 Å². The molecule has 0 saturated heterocycles. The SMILES string of the molecule is NCC(c1cccc(Br)c1)C(O)c1csc(I)c1. The summed E-state index contributed by atoms with van der Waals surface area (Å²) >= 11 is 7.34. The van der Waals surface area contributed by atoms with Gasteiger partial charge in [0.05, 0.1) is 8.99 Å². The number of rotatable bonds is 4. The van der Waals surface area contributed by atoms with E-state index in [4.69, 9.17) is 5.73 Å². The topological polar surface area (TPSA) is 46.2 Å². The van der Waals surface area contributed by atoms with Crippen molar-refractivity contribution in [1.29, 1.82) is 0 Å². The van der Waals surface area contributed by atoms with Gasteiger partial charge in [-0.15, -0.1) is 11.3 Å². The van der Waals surface area contributed by atoms with Crippen LogP contribution in [0.4, 0.5) is 0 Å². The van der Waals surface area contributed by atoms with Crippen LogP contribution in [0.3, 0.4) is 0 Å². The molecule has 0 aliphatic rings. The normalized spacial score (nSPS) is 14.4. The average Bonchev–Trinajstić information content (AvgIpc) is 2.77. The number of thiophene rings is 1. The molecule has 96 valence electrons. The van der Waals surface area contributed by atoms with Gasteiger partial charge in [-0.25, -0.2) is 0 Å². The zero-order valence-corrected chi connectivity index (χ0v) is 14.1. The van der Waals surface area contributed by atoms with Crippen LogP contribution in [0.15, 0.2) is 40.2 Å². The van der Waals surface area contributed by atoms with Crippen molar-refractivity contribution in [3.05, 3.63) is 54.2 Å². The second-order valence-corrected chi connectivity index (χ2v) is 7.75. The third-order valence-corrected chi connectivity index (χ3v) is 5.14. The number of hydrogen-bond donors (Lipinski definition) is 2. The highest BCUT2D eigenvalue weighted by Crippen LogP contribution is 2.33. The molecule has 2 rings (SSSR count). The summed E-state index contributed by atoms with van der Waals surface area (Å²) in [5, 5.41) is 12.4. The van der Waals surface area contributed by atoms with Crippen LogP contribution in [0.1, 0.15) is 23.1 Å². The Bertz CT molecular complexity index is 531. The van der Waals surface area contributed by atoms with Gasteiger partial charge in [-0.05, 0) is 57.3 Å². The second kappa shape index (κ2) is 6.47. The van der Waals surface area contributed by atoms with Crippen LogP contribution in [0, 0.1) is 2.88 Å². The van der Waals surface area contributed by atoms with Gasteiger partial charge in [0.2, 0.25) is 0 Å². The van der Waals surface area contributed by atoms with Gasteiger partial charge in [0.1, 0.15) is 0 Å². The number of aliphatic hydroxyl groups excluding tert-OH is 1. The van der Waals surface area contributed by atoms with Crippen LogP contribution in [-0.4, -0.2) is 11.7 Å². The summed E-state index contributed by atoms with van der Waals surface area (Å²) < 4.78 is 2.18. The van der Waals surface area contributed by atoms with Crippen molar-refractivity contribution in [3.8, 4) is 0 Å². The molecule has 2 unspecified atom stereocenters. The van der Waals surface area contributed by atoms with Gasteiger partial charge in [0.15, 0.2) is 0 Å². The fourth-order valence-electron chi connectivity index (χ4n) is 1.90. The number of halogens is 2. The number of hydrogen-bond acceptors (Lipinski definition) is 3. The summed E-state index contributed by atoms with van der Waals surface area (Å²) in [6, 6.07) is 9.96. The van der Waals surface area contributed by atoms with E-state index < -0.39 is 6.10 Å². The Morgan fingerprint density at radius 3 is 2.67 bits per heavy atom. The Labute approximate surface area is 132 Å². The van der Waals surface area contributed by atoms with Gasteiger partial charge in [-0.2, -0.15) is 0 Å². The predicted molar refractivity (Wildman–Crippen MR) is 87.9 cm³/mol. The molecule has 2 atom stereocenters. The van der Waals surface area contributed by atoms with Gasteiger partial charge in [-0.1, -0.05) is 28.1 Å². The van der Waals surface area contributed by atoms with Crippen molar-refractivity contribution < 1.29 is 5.11 Å². The Kier molecular flexibility index (Phi) is 5.20. The lowest BCUT2D eigenvalue weighted by Gasteiger charge is -2.21. The van der Waals surface area contributed by atoms with E-state index in [0.29, 0.717) is 6.54 Å². The molecular formula is C13H13BrINOS. The molecule has 0 radical (unpaired) electrons. The van der Waals surface area contributed by atoms with Gasteiger partial charge in [0.25, 0.3) is 0 Å². The van der Waals surface area contributed by atoms with E-state index in [0.717, 1.165) is 15.6 Å². The molecule has 1 heterocycles. The number of nitrogens with two attached hydrogens (primary N) is 1. The standard InChI is InChI=1S/C13H13BrINOS/c14-10-3-1-2-8(4-10)11(6-16)13(17)9-5-12(15)18-7-9/h1-5,7,11,13,17H,6,16H2. The van der Waals surface area contributed by atoms with Crippen molar-refractivity contribution in [2.75, 3.05) is 6.54 Å². The maximum Gasteiger partial charge on any atom is 0.0879 e. The molecule has 3 N–H and O–H groups in total. The van der Waals surface area contributed by atoms with E-state index in [9.17, 15) is 5.11 Å². The Morgan fingerprint density at radius 2 is 2.11 bits per heavy atom. The maximum atomic E-state index is 10.4. The van der Waals surface area contributed by atoms with Gasteiger partial charge in [0, 0.05) is 16.9 Å². The highest BCUT2D eigenvalue weighted by molar-refractivity contribution is 14.1. The van der Waals surface area contributed by atoms with E-state index in [1.54, 1.807) is 11.3 Å². The smallest absolute Gasteiger partial charge is 0.0879 e. The van der Waals surface area contributed by atoms with Crippen LogP contribution >= 0.6 is 49.9 Å². The molecular weight excluding hydrogens is 425 g/mol. The Morgan fingerprint density at radius 1 is 1.33 bits per heavy atom. The molecule has 1 aromatic heterocycles. The molecule has 0 aliphatic heterocycles. The molecule has 0 aliphatic carbocycles. The third kappa shape index (κ3) is 3.33. The Hall–Kier alpha value is 0.0500. The fourth-order valence-corrected chi connectivity index (χ4v) is 3.71. The highest BCUT2D eigenvalue weighted by Gasteiger charge is 2.22. The molecule has 0 fully saturated rings. The molecule has 0 amide bonds. The Balaban J connectivity index is 2.28. The zero-order valence-electron chi connectivity index (χ0n) is 9.51. The molecule has 0 spiro atoms. The van der Waals surface area contributed by atoms with E-state index in [1.165, 1.54) is 2.88 Å². The molecule has 0 bridgehead atoms. The lowest BCUT2D eigenvalue weighted by molar-refractivity contribution is 0.148. The minimum Gasteiger partial charge on any atom is -0.388 e. The molecule has 0 saturated carbocycles. The quantitative estimate of drug-likeness (QED) is 0.712. The fraction of sp³-hybridized carbons (Fsp3) is 0.231. The van der Waals surface area contributed by atoms with Crippen LogP contribution in [-0.2, 0) is 0 Å². The largest absolute Gasteiger partial charge is 0.388 e. The first-order valence-electron chi connectivity index (χ1n) is 5.49. The van der Waals surface area contributed by atoms with Crippen LogP contribution < -0.4 is 5.73 Å². The maximum absolute atomic E-state index is 10.4. The van der Waals surface area contributed by atoms with Crippen molar-refractivity contribution in [1.82, 2.24) is 0 Å². The highest BCUT2D eigenvalue weighted by atomic mass is 127. The lowest BCUT2D eigenvalue weighted by atomic mass is 9.90. The van der Waals surface area contributed by atoms with Crippen molar-refractivity contribution in [2.24, 2.45) is 5.73 Å².